The Labute approximate surface area is 164 Å². The van der Waals surface area contributed by atoms with Crippen molar-refractivity contribution < 1.29 is 14.4 Å². The van der Waals surface area contributed by atoms with Gasteiger partial charge in [-0.3, -0.25) is 14.4 Å². The maximum atomic E-state index is 12.8. The van der Waals surface area contributed by atoms with Gasteiger partial charge in [-0.15, -0.1) is 0 Å². The molecule has 3 fully saturated rings. The van der Waals surface area contributed by atoms with E-state index >= 15 is 0 Å². The lowest BCUT2D eigenvalue weighted by Gasteiger charge is -2.35. The molecule has 1 aliphatic carbocycles. The van der Waals surface area contributed by atoms with Gasteiger partial charge in [0.1, 0.15) is 0 Å². The number of piperazine rings is 2. The van der Waals surface area contributed by atoms with Crippen molar-refractivity contribution in [1.29, 1.82) is 0 Å². The summed E-state index contributed by atoms with van der Waals surface area (Å²) in [6.07, 6.45) is 4.08. The van der Waals surface area contributed by atoms with Crippen molar-refractivity contribution in [2.45, 2.75) is 13.3 Å². The third-order valence-corrected chi connectivity index (χ3v) is 5.89. The first kappa shape index (κ1) is 18.6. The molecule has 2 aliphatic heterocycles. The van der Waals surface area contributed by atoms with E-state index in [1.807, 2.05) is 9.80 Å². The minimum absolute atomic E-state index is 0.0478. The second kappa shape index (κ2) is 7.73. The molecule has 9 nitrogen and oxygen atoms in total. The van der Waals surface area contributed by atoms with Gasteiger partial charge in [-0.25, -0.2) is 9.97 Å². The van der Waals surface area contributed by atoms with Crippen LogP contribution in [0, 0.1) is 11.8 Å². The van der Waals surface area contributed by atoms with Crippen LogP contribution >= 0.6 is 0 Å². The zero-order valence-electron chi connectivity index (χ0n) is 16.2. The Balaban J connectivity index is 1.25. The molecule has 1 aromatic heterocycles. The largest absolute Gasteiger partial charge is 0.339 e. The van der Waals surface area contributed by atoms with Crippen LogP contribution in [0.3, 0.4) is 0 Å². The molecule has 2 atom stereocenters. The summed E-state index contributed by atoms with van der Waals surface area (Å²) in [4.78, 5) is 52.9. The van der Waals surface area contributed by atoms with Gasteiger partial charge in [-0.2, -0.15) is 0 Å². The lowest BCUT2D eigenvalue weighted by Crippen LogP contribution is -2.51. The Kier molecular flexibility index (Phi) is 5.15. The minimum atomic E-state index is -0.188. The second-order valence-corrected chi connectivity index (χ2v) is 7.64. The summed E-state index contributed by atoms with van der Waals surface area (Å²) < 4.78 is 0. The fourth-order valence-electron chi connectivity index (χ4n) is 4.03. The van der Waals surface area contributed by atoms with Crippen LogP contribution in [0.4, 0.5) is 5.95 Å². The van der Waals surface area contributed by atoms with E-state index in [0.29, 0.717) is 64.7 Å². The quantitative estimate of drug-likeness (QED) is 0.693. The van der Waals surface area contributed by atoms with Crippen molar-refractivity contribution in [3.8, 4) is 0 Å². The number of anilines is 1. The number of amides is 3. The van der Waals surface area contributed by atoms with E-state index in [2.05, 4.69) is 14.9 Å². The molecular formula is C19H26N6O3. The molecule has 0 bridgehead atoms. The summed E-state index contributed by atoms with van der Waals surface area (Å²) in [5, 5.41) is 0. The van der Waals surface area contributed by atoms with E-state index in [9.17, 15) is 14.4 Å². The second-order valence-electron chi connectivity index (χ2n) is 7.64. The first-order chi connectivity index (χ1) is 13.5. The van der Waals surface area contributed by atoms with Crippen molar-refractivity contribution in [1.82, 2.24) is 24.7 Å². The van der Waals surface area contributed by atoms with Crippen LogP contribution in [0.5, 0.6) is 0 Å². The van der Waals surface area contributed by atoms with E-state index in [1.165, 1.54) is 0 Å². The molecule has 4 rings (SSSR count). The lowest BCUT2D eigenvalue weighted by molar-refractivity contribution is -0.141. The van der Waals surface area contributed by atoms with Gasteiger partial charge in [0.25, 0.3) is 0 Å². The molecule has 9 heteroatoms. The first-order valence-electron chi connectivity index (χ1n) is 9.89. The summed E-state index contributed by atoms with van der Waals surface area (Å²) in [6.45, 7) is 6.50. The van der Waals surface area contributed by atoms with Gasteiger partial charge in [-0.1, -0.05) is 0 Å². The van der Waals surface area contributed by atoms with E-state index in [1.54, 1.807) is 30.3 Å². The summed E-state index contributed by atoms with van der Waals surface area (Å²) in [6, 6.07) is 1.79. The topological polar surface area (TPSA) is 90.0 Å². The number of aromatic nitrogens is 2. The predicted octanol–water partition coefficient (Wildman–Crippen LogP) is -0.548. The Bertz CT molecular complexity index is 741. The van der Waals surface area contributed by atoms with E-state index < -0.39 is 0 Å². The van der Waals surface area contributed by atoms with Crippen molar-refractivity contribution in [2.75, 3.05) is 57.3 Å². The number of rotatable bonds is 3. The maximum Gasteiger partial charge on any atom is 0.226 e. The van der Waals surface area contributed by atoms with Crippen molar-refractivity contribution in [3.05, 3.63) is 18.5 Å². The molecule has 3 heterocycles. The minimum Gasteiger partial charge on any atom is -0.339 e. The van der Waals surface area contributed by atoms with Gasteiger partial charge < -0.3 is 19.6 Å². The van der Waals surface area contributed by atoms with E-state index in [4.69, 9.17) is 0 Å². The van der Waals surface area contributed by atoms with E-state index in [0.717, 1.165) is 0 Å². The summed E-state index contributed by atoms with van der Waals surface area (Å²) >= 11 is 0. The van der Waals surface area contributed by atoms with Crippen LogP contribution in [0.15, 0.2) is 18.5 Å². The molecule has 1 saturated carbocycles. The smallest absolute Gasteiger partial charge is 0.226 e. The standard InChI is InChI=1S/C19H26N6O3/c1-14(26)22-5-7-23(8-6-22)17(27)15-13-16(15)18(28)24-9-11-25(12-10-24)19-20-3-2-4-21-19/h2-4,15-16H,5-13H2,1H3. The van der Waals surface area contributed by atoms with Gasteiger partial charge in [0.2, 0.25) is 23.7 Å². The molecule has 0 spiro atoms. The highest BCUT2D eigenvalue weighted by Gasteiger charge is 2.51. The molecule has 2 unspecified atom stereocenters. The van der Waals surface area contributed by atoms with Gasteiger partial charge in [0.05, 0.1) is 11.8 Å². The molecule has 3 aliphatic rings. The molecule has 0 radical (unpaired) electrons. The molecular weight excluding hydrogens is 360 g/mol. The number of carbonyl (C=O) groups is 3. The highest BCUT2D eigenvalue weighted by atomic mass is 16.2. The summed E-state index contributed by atoms with van der Waals surface area (Å²) in [5.74, 6) is 0.530. The highest BCUT2D eigenvalue weighted by Crippen LogP contribution is 2.41. The van der Waals surface area contributed by atoms with Gasteiger partial charge in [-0.05, 0) is 12.5 Å². The third-order valence-electron chi connectivity index (χ3n) is 5.89. The molecule has 1 aromatic rings. The van der Waals surface area contributed by atoms with Crippen molar-refractivity contribution in [2.24, 2.45) is 11.8 Å². The van der Waals surface area contributed by atoms with Crippen LogP contribution in [0.25, 0.3) is 0 Å². The molecule has 0 aromatic carbocycles. The zero-order valence-corrected chi connectivity index (χ0v) is 16.2. The Morgan fingerprint density at radius 2 is 1.25 bits per heavy atom. The average Bonchev–Trinajstić information content (AvgIpc) is 3.54. The number of hydrogen-bond donors (Lipinski definition) is 0. The van der Waals surface area contributed by atoms with Crippen LogP contribution in [0.1, 0.15) is 13.3 Å². The number of carbonyl (C=O) groups excluding carboxylic acids is 3. The third kappa shape index (κ3) is 3.79. The first-order valence-corrected chi connectivity index (χ1v) is 9.89. The summed E-state index contributed by atoms with van der Waals surface area (Å²) in [7, 11) is 0. The molecule has 2 saturated heterocycles. The van der Waals surface area contributed by atoms with Gasteiger partial charge in [0, 0.05) is 71.7 Å². The van der Waals surface area contributed by atoms with Crippen LogP contribution in [0.2, 0.25) is 0 Å². The lowest BCUT2D eigenvalue weighted by atomic mass is 10.2. The van der Waals surface area contributed by atoms with Crippen LogP contribution in [-0.4, -0.2) is 94.7 Å². The Morgan fingerprint density at radius 1 is 0.786 bits per heavy atom. The molecule has 28 heavy (non-hydrogen) atoms. The predicted molar refractivity (Wildman–Crippen MR) is 101 cm³/mol. The monoisotopic (exact) mass is 386 g/mol. The summed E-state index contributed by atoms with van der Waals surface area (Å²) in [5.41, 5.74) is 0. The molecule has 3 amide bonds. The fourth-order valence-corrected chi connectivity index (χ4v) is 4.03. The van der Waals surface area contributed by atoms with Crippen molar-refractivity contribution in [3.63, 3.8) is 0 Å². The number of nitrogens with zero attached hydrogens (tertiary/aromatic N) is 6. The molecule has 150 valence electrons. The fraction of sp³-hybridized carbons (Fsp3) is 0.632. The van der Waals surface area contributed by atoms with E-state index in [-0.39, 0.29) is 29.6 Å². The Hall–Kier alpha value is -2.71. The highest BCUT2D eigenvalue weighted by molar-refractivity contribution is 5.92. The van der Waals surface area contributed by atoms with Crippen molar-refractivity contribution >= 4 is 23.7 Å². The average molecular weight is 386 g/mol. The Morgan fingerprint density at radius 3 is 1.75 bits per heavy atom. The van der Waals surface area contributed by atoms with Crippen LogP contribution < -0.4 is 4.90 Å². The maximum absolute atomic E-state index is 12.8. The number of hydrogen-bond acceptors (Lipinski definition) is 6. The molecule has 0 N–H and O–H groups in total. The zero-order chi connectivity index (χ0) is 19.7. The normalized spacial score (nSPS) is 24.9. The van der Waals surface area contributed by atoms with Gasteiger partial charge >= 0.3 is 0 Å². The SMILES string of the molecule is CC(=O)N1CCN(C(=O)C2CC2C(=O)N2CCN(c3ncccn3)CC2)CC1. The van der Waals surface area contributed by atoms with Gasteiger partial charge in [0.15, 0.2) is 0 Å². The van der Waals surface area contributed by atoms with Crippen LogP contribution in [-0.2, 0) is 14.4 Å².